The molecule has 1 aromatic rings. The second-order valence-electron chi connectivity index (χ2n) is 4.41. The highest BCUT2D eigenvalue weighted by Crippen LogP contribution is 2.19. The summed E-state index contributed by atoms with van der Waals surface area (Å²) in [6.45, 7) is 3.98. The van der Waals surface area contributed by atoms with Crippen molar-refractivity contribution in [1.82, 2.24) is 4.90 Å². The Labute approximate surface area is 103 Å². The molecule has 0 saturated carbocycles. The van der Waals surface area contributed by atoms with Gasteiger partial charge in [0.1, 0.15) is 0 Å². The molecule has 1 aromatic carbocycles. The molecular weight excluding hydrogens is 234 g/mol. The van der Waals surface area contributed by atoms with Crippen molar-refractivity contribution in [2.75, 3.05) is 7.05 Å². The van der Waals surface area contributed by atoms with Gasteiger partial charge in [0.15, 0.2) is 9.76 Å². The van der Waals surface area contributed by atoms with E-state index in [1.807, 2.05) is 19.9 Å². The van der Waals surface area contributed by atoms with Crippen LogP contribution in [-0.2, 0) is 4.43 Å². The van der Waals surface area contributed by atoms with Gasteiger partial charge in [-0.1, -0.05) is 6.07 Å². The highest BCUT2D eigenvalue weighted by atomic mass is 28.2. The molecule has 0 atom stereocenters. The Morgan fingerprint density at radius 2 is 1.82 bits per heavy atom. The van der Waals surface area contributed by atoms with E-state index in [1.165, 1.54) is 7.05 Å². The van der Waals surface area contributed by atoms with Crippen LogP contribution in [0.15, 0.2) is 18.2 Å². The van der Waals surface area contributed by atoms with Gasteiger partial charge in [-0.25, -0.2) is 0 Å². The number of fused-ring (bicyclic) bond motifs is 1. The van der Waals surface area contributed by atoms with Crippen molar-refractivity contribution in [3.05, 3.63) is 29.3 Å². The van der Waals surface area contributed by atoms with Crippen molar-refractivity contribution in [2.24, 2.45) is 0 Å². The molecule has 5 heteroatoms. The monoisotopic (exact) mass is 249 g/mol. The number of carbonyl (C=O) groups excluding carboxylic acids is 2. The number of benzene rings is 1. The zero-order valence-corrected chi connectivity index (χ0v) is 11.6. The molecule has 2 amide bonds. The van der Waals surface area contributed by atoms with E-state index in [4.69, 9.17) is 4.43 Å². The van der Waals surface area contributed by atoms with Crippen LogP contribution in [0, 0.1) is 0 Å². The second-order valence-corrected chi connectivity index (χ2v) is 5.85. The average molecular weight is 249 g/mol. The minimum Gasteiger partial charge on any atom is -0.416 e. The fourth-order valence-corrected chi connectivity index (χ4v) is 2.79. The lowest BCUT2D eigenvalue weighted by atomic mass is 10.1. The molecule has 0 aromatic heterocycles. The van der Waals surface area contributed by atoms with Gasteiger partial charge in [0.05, 0.1) is 11.1 Å². The van der Waals surface area contributed by atoms with Gasteiger partial charge in [-0.2, -0.15) is 0 Å². The van der Waals surface area contributed by atoms with Crippen LogP contribution >= 0.6 is 0 Å². The number of imide groups is 1. The van der Waals surface area contributed by atoms with Crippen LogP contribution in [-0.4, -0.2) is 39.6 Å². The number of rotatable bonds is 3. The maximum atomic E-state index is 11.8. The van der Waals surface area contributed by atoms with Crippen molar-refractivity contribution in [2.45, 2.75) is 20.0 Å². The summed E-state index contributed by atoms with van der Waals surface area (Å²) >= 11 is 0. The van der Waals surface area contributed by atoms with E-state index in [2.05, 4.69) is 0 Å². The molecule has 1 heterocycles. The molecule has 2 rings (SSSR count). The molecule has 0 unspecified atom stereocenters. The molecule has 1 aliphatic rings. The number of nitrogens with zero attached hydrogens (tertiary/aromatic N) is 1. The van der Waals surface area contributed by atoms with Gasteiger partial charge in [0.2, 0.25) is 0 Å². The normalized spacial score (nSPS) is 15.4. The molecule has 4 nitrogen and oxygen atoms in total. The van der Waals surface area contributed by atoms with Crippen molar-refractivity contribution in [1.29, 1.82) is 0 Å². The van der Waals surface area contributed by atoms with Gasteiger partial charge >= 0.3 is 0 Å². The van der Waals surface area contributed by atoms with E-state index in [-0.39, 0.29) is 17.9 Å². The van der Waals surface area contributed by atoms with Crippen LogP contribution in [0.25, 0.3) is 0 Å². The van der Waals surface area contributed by atoms with Crippen LogP contribution in [0.2, 0.25) is 0 Å². The largest absolute Gasteiger partial charge is 0.416 e. The SMILES string of the molecule is CC(C)O[SiH2]c1ccc2c(c1)C(=O)N(C)C2=O. The van der Waals surface area contributed by atoms with Gasteiger partial charge in [0.25, 0.3) is 11.8 Å². The van der Waals surface area contributed by atoms with Gasteiger partial charge in [-0.05, 0) is 31.2 Å². The number of amides is 2. The summed E-state index contributed by atoms with van der Waals surface area (Å²) in [4.78, 5) is 24.6. The fraction of sp³-hybridized carbons (Fsp3) is 0.333. The molecule has 90 valence electrons. The van der Waals surface area contributed by atoms with E-state index in [9.17, 15) is 9.59 Å². The molecular formula is C12H15NO3Si. The molecule has 0 N–H and O–H groups in total. The first-order valence-corrected chi connectivity index (χ1v) is 6.86. The van der Waals surface area contributed by atoms with E-state index < -0.39 is 9.76 Å². The zero-order chi connectivity index (χ0) is 12.6. The Balaban J connectivity index is 2.27. The molecule has 0 spiro atoms. The first-order valence-electron chi connectivity index (χ1n) is 5.57. The zero-order valence-electron chi connectivity index (χ0n) is 10.2. The molecule has 0 fully saturated rings. The summed E-state index contributed by atoms with van der Waals surface area (Å²) < 4.78 is 5.61. The fourth-order valence-electron chi connectivity index (χ4n) is 1.76. The topological polar surface area (TPSA) is 46.6 Å². The summed E-state index contributed by atoms with van der Waals surface area (Å²) in [5.74, 6) is -0.437. The Bertz CT molecular complexity index is 485. The molecule has 17 heavy (non-hydrogen) atoms. The molecule has 0 aliphatic carbocycles. The van der Waals surface area contributed by atoms with Gasteiger partial charge in [0, 0.05) is 13.2 Å². The van der Waals surface area contributed by atoms with Crippen LogP contribution in [0.1, 0.15) is 34.6 Å². The molecule has 0 saturated heterocycles. The number of hydrogen-bond donors (Lipinski definition) is 0. The smallest absolute Gasteiger partial charge is 0.261 e. The summed E-state index contributed by atoms with van der Waals surface area (Å²) in [6, 6.07) is 5.41. The highest BCUT2D eigenvalue weighted by molar-refractivity contribution is 6.47. The highest BCUT2D eigenvalue weighted by Gasteiger charge is 2.32. The number of carbonyl (C=O) groups is 2. The lowest BCUT2D eigenvalue weighted by molar-refractivity contribution is 0.0693. The van der Waals surface area contributed by atoms with E-state index in [0.29, 0.717) is 11.1 Å². The van der Waals surface area contributed by atoms with Crippen LogP contribution in [0.4, 0.5) is 0 Å². The third kappa shape index (κ3) is 2.16. The average Bonchev–Trinajstić information content (AvgIpc) is 2.52. The molecule has 0 bridgehead atoms. The maximum Gasteiger partial charge on any atom is 0.261 e. The second kappa shape index (κ2) is 4.42. The summed E-state index contributed by atoms with van der Waals surface area (Å²) in [5, 5.41) is 1.05. The maximum absolute atomic E-state index is 11.8. The predicted octanol–water partition coefficient (Wildman–Crippen LogP) is 0.0465. The Kier molecular flexibility index (Phi) is 3.12. The lowest BCUT2D eigenvalue weighted by Crippen LogP contribution is -2.24. The molecule has 0 radical (unpaired) electrons. The van der Waals surface area contributed by atoms with Crippen LogP contribution < -0.4 is 5.19 Å². The summed E-state index contributed by atoms with van der Waals surface area (Å²) in [7, 11) is 0.690. The van der Waals surface area contributed by atoms with Gasteiger partial charge < -0.3 is 4.43 Å². The van der Waals surface area contributed by atoms with Crippen LogP contribution in [0.5, 0.6) is 0 Å². The van der Waals surface area contributed by atoms with E-state index in [1.54, 1.807) is 12.1 Å². The van der Waals surface area contributed by atoms with Crippen molar-refractivity contribution in [3.63, 3.8) is 0 Å². The Hall–Kier alpha value is -1.46. The minimum absolute atomic E-state index is 0.204. The minimum atomic E-state index is -0.816. The predicted molar refractivity (Wildman–Crippen MR) is 67.3 cm³/mol. The quantitative estimate of drug-likeness (QED) is 0.561. The summed E-state index contributed by atoms with van der Waals surface area (Å²) in [6.07, 6.45) is 0.204. The first-order chi connectivity index (χ1) is 8.00. The van der Waals surface area contributed by atoms with Crippen LogP contribution in [0.3, 0.4) is 0 Å². The lowest BCUT2D eigenvalue weighted by Gasteiger charge is -2.07. The number of hydrogen-bond acceptors (Lipinski definition) is 3. The van der Waals surface area contributed by atoms with Crippen molar-refractivity contribution < 1.29 is 14.0 Å². The van der Waals surface area contributed by atoms with E-state index in [0.717, 1.165) is 10.1 Å². The summed E-state index contributed by atoms with van der Waals surface area (Å²) in [5.41, 5.74) is 1.01. The Morgan fingerprint density at radius 1 is 1.18 bits per heavy atom. The standard InChI is InChI=1S/C12H15NO3Si/c1-7(2)16-17-8-4-5-9-10(6-8)12(15)13(3)11(9)14/h4-7H,17H2,1-3H3. The van der Waals surface area contributed by atoms with E-state index >= 15 is 0 Å². The van der Waals surface area contributed by atoms with Gasteiger partial charge in [-0.15, -0.1) is 0 Å². The third-order valence-electron chi connectivity index (χ3n) is 2.74. The van der Waals surface area contributed by atoms with Gasteiger partial charge in [-0.3, -0.25) is 14.5 Å². The first kappa shape index (κ1) is 12.0. The van der Waals surface area contributed by atoms with Crippen molar-refractivity contribution in [3.8, 4) is 0 Å². The van der Waals surface area contributed by atoms with Crippen molar-refractivity contribution >= 4 is 26.8 Å². The Morgan fingerprint density at radius 3 is 2.47 bits per heavy atom. The third-order valence-corrected chi connectivity index (χ3v) is 4.34. The molecule has 1 aliphatic heterocycles.